The van der Waals surface area contributed by atoms with Gasteiger partial charge >= 0.3 is 0 Å². The Morgan fingerprint density at radius 1 is 0.971 bits per heavy atom. The van der Waals surface area contributed by atoms with Gasteiger partial charge < -0.3 is 0 Å². The Morgan fingerprint density at radius 3 is 2.18 bits per heavy atom. The largest absolute Gasteiger partial charge is 0.299 e. The normalized spacial score (nSPS) is 44.6. The molecular formula is C25H38F2OS6. The first-order valence-electron chi connectivity index (χ1n) is 12.4. The summed E-state index contributed by atoms with van der Waals surface area (Å²) in [6, 6.07) is 0. The van der Waals surface area contributed by atoms with Crippen LogP contribution in [0.25, 0.3) is 0 Å². The monoisotopic (exact) mass is 584 g/mol. The third-order valence-electron chi connectivity index (χ3n) is 10.4. The smallest absolute Gasteiger partial charge is 0.251 e. The summed E-state index contributed by atoms with van der Waals surface area (Å²) in [5.41, 5.74) is -0.436. The second-order valence-corrected chi connectivity index (χ2v) is 14.3. The Kier molecular flexibility index (Phi) is 8.77. The molecule has 1 nitrogen and oxygen atoms in total. The van der Waals surface area contributed by atoms with Crippen LogP contribution in [0.1, 0.15) is 51.9 Å². The Labute approximate surface area is 236 Å². The molecule has 0 radical (unpaired) electrons. The van der Waals surface area contributed by atoms with Crippen molar-refractivity contribution in [1.82, 2.24) is 0 Å². The fourth-order valence-corrected chi connectivity index (χ4v) is 10.8. The van der Waals surface area contributed by atoms with Crippen LogP contribution < -0.4 is 0 Å². The highest BCUT2D eigenvalue weighted by atomic mass is 32.1. The van der Waals surface area contributed by atoms with Crippen LogP contribution in [0.2, 0.25) is 0 Å². The van der Waals surface area contributed by atoms with E-state index in [1.165, 1.54) is 5.57 Å². The van der Waals surface area contributed by atoms with E-state index in [9.17, 15) is 13.6 Å². The van der Waals surface area contributed by atoms with Gasteiger partial charge in [-0.15, -0.1) is 0 Å². The first kappa shape index (κ1) is 28.4. The van der Waals surface area contributed by atoms with Crippen LogP contribution in [0.15, 0.2) is 11.6 Å². The maximum absolute atomic E-state index is 14.4. The average Bonchev–Trinajstić information content (AvgIpc) is 3.19. The lowest BCUT2D eigenvalue weighted by molar-refractivity contribution is -0.156. The Balaban J connectivity index is 1.82. The molecule has 0 amide bonds. The molecule has 4 aliphatic carbocycles. The summed E-state index contributed by atoms with van der Waals surface area (Å²) in [6.45, 7) is 2.35. The van der Waals surface area contributed by atoms with Crippen molar-refractivity contribution in [3.8, 4) is 0 Å². The van der Waals surface area contributed by atoms with Gasteiger partial charge in [-0.05, 0) is 67.6 Å². The molecule has 0 heterocycles. The first-order valence-corrected chi connectivity index (χ1v) is 15.9. The number of fused-ring (bicyclic) bond motifs is 5. The van der Waals surface area contributed by atoms with Gasteiger partial charge in [0.1, 0.15) is 5.78 Å². The van der Waals surface area contributed by atoms with Crippen molar-refractivity contribution in [2.45, 2.75) is 74.0 Å². The van der Waals surface area contributed by atoms with Crippen LogP contribution >= 0.6 is 75.8 Å². The second kappa shape index (κ2) is 10.5. The highest BCUT2D eigenvalue weighted by molar-refractivity contribution is 7.85. The van der Waals surface area contributed by atoms with Crippen molar-refractivity contribution >= 4 is 81.6 Å². The molecule has 0 aliphatic heterocycles. The Morgan fingerprint density at radius 2 is 1.62 bits per heavy atom. The number of ketones is 1. The van der Waals surface area contributed by atoms with E-state index in [0.29, 0.717) is 42.9 Å². The van der Waals surface area contributed by atoms with Gasteiger partial charge in [-0.2, -0.15) is 75.8 Å². The van der Waals surface area contributed by atoms with Crippen molar-refractivity contribution in [1.29, 1.82) is 0 Å². The number of alkyl halides is 2. The molecule has 3 fully saturated rings. The van der Waals surface area contributed by atoms with Crippen LogP contribution in [0.5, 0.6) is 0 Å². The van der Waals surface area contributed by atoms with E-state index in [1.807, 2.05) is 0 Å². The number of halogens is 2. The van der Waals surface area contributed by atoms with Gasteiger partial charge in [0, 0.05) is 44.8 Å². The molecule has 4 rings (SSSR count). The lowest BCUT2D eigenvalue weighted by Crippen LogP contribution is -2.59. The number of carbonyl (C=O) groups excluding carboxylic acids is 1. The molecule has 34 heavy (non-hydrogen) atoms. The topological polar surface area (TPSA) is 17.1 Å². The zero-order chi connectivity index (χ0) is 25.1. The van der Waals surface area contributed by atoms with E-state index in [2.05, 4.69) is 50.9 Å². The summed E-state index contributed by atoms with van der Waals surface area (Å²) >= 11 is 28.9. The molecule has 3 saturated carbocycles. The fraction of sp³-hybridized carbons (Fsp3) is 0.880. The SMILES string of the molecule is C[C@@]12C(=CC(C(S)CS)(C(S)CS)CC1C(S)CS)CC[C@@H]1[C@H]2CC[C@]2(C(F)F)C(=O)CC[C@@H]12. The number of hydrogen-bond donors (Lipinski definition) is 6. The van der Waals surface area contributed by atoms with Crippen LogP contribution in [-0.4, -0.2) is 45.2 Å². The summed E-state index contributed by atoms with van der Waals surface area (Å²) in [5, 5.41) is 0.102. The molecule has 0 spiro atoms. The minimum absolute atomic E-state index is 0.0218. The molecule has 194 valence electrons. The van der Waals surface area contributed by atoms with Crippen molar-refractivity contribution in [2.24, 2.45) is 39.9 Å². The van der Waals surface area contributed by atoms with Gasteiger partial charge in [-0.25, -0.2) is 8.78 Å². The lowest BCUT2D eigenvalue weighted by Gasteiger charge is -2.63. The maximum Gasteiger partial charge on any atom is 0.251 e. The van der Waals surface area contributed by atoms with Crippen molar-refractivity contribution in [3.63, 3.8) is 0 Å². The van der Waals surface area contributed by atoms with Gasteiger partial charge in [-0.1, -0.05) is 18.6 Å². The molecule has 9 heteroatoms. The maximum atomic E-state index is 14.4. The molecule has 0 bridgehead atoms. The van der Waals surface area contributed by atoms with Crippen LogP contribution in [0.4, 0.5) is 8.78 Å². The predicted molar refractivity (Wildman–Crippen MR) is 158 cm³/mol. The minimum Gasteiger partial charge on any atom is -0.299 e. The van der Waals surface area contributed by atoms with Gasteiger partial charge in [0.15, 0.2) is 0 Å². The Hall–Kier alpha value is 1.37. The number of Topliss-reactive ketones (excluding diaryl/α,β-unsaturated/α-hetero) is 1. The highest BCUT2D eigenvalue weighted by Crippen LogP contribution is 2.69. The molecule has 0 aromatic heterocycles. The summed E-state index contributed by atoms with van der Waals surface area (Å²) in [6.07, 6.45) is 4.38. The van der Waals surface area contributed by atoms with E-state index in [0.717, 1.165) is 19.3 Å². The predicted octanol–water partition coefficient (Wildman–Crippen LogP) is 6.66. The molecule has 9 atom stereocenters. The van der Waals surface area contributed by atoms with Gasteiger partial charge in [-0.3, -0.25) is 4.79 Å². The lowest BCUT2D eigenvalue weighted by atomic mass is 9.43. The first-order chi connectivity index (χ1) is 16.0. The quantitative estimate of drug-likeness (QED) is 0.146. The van der Waals surface area contributed by atoms with Crippen molar-refractivity contribution in [3.05, 3.63) is 11.6 Å². The molecule has 4 unspecified atom stereocenters. The van der Waals surface area contributed by atoms with E-state index < -0.39 is 11.8 Å². The molecule has 0 aromatic carbocycles. The number of thiol groups is 6. The third kappa shape index (κ3) is 4.01. The summed E-state index contributed by atoms with van der Waals surface area (Å²) in [4.78, 5) is 12.8. The average molecular weight is 585 g/mol. The highest BCUT2D eigenvalue weighted by Gasteiger charge is 2.66. The van der Waals surface area contributed by atoms with E-state index in [-0.39, 0.29) is 56.0 Å². The number of allylic oxidation sites excluding steroid dienone is 2. The van der Waals surface area contributed by atoms with Crippen molar-refractivity contribution < 1.29 is 13.6 Å². The summed E-state index contributed by atoms with van der Waals surface area (Å²) in [5.74, 6) is 2.14. The minimum atomic E-state index is -2.57. The molecule has 0 N–H and O–H groups in total. The zero-order valence-electron chi connectivity index (χ0n) is 19.6. The van der Waals surface area contributed by atoms with E-state index in [4.69, 9.17) is 37.9 Å². The van der Waals surface area contributed by atoms with Gasteiger partial charge in [0.2, 0.25) is 0 Å². The molecule has 0 aromatic rings. The number of carbonyl (C=O) groups is 1. The fourth-order valence-electron chi connectivity index (χ4n) is 8.57. The molecule has 4 aliphatic rings. The second-order valence-electron chi connectivity index (χ2n) is 11.3. The van der Waals surface area contributed by atoms with Gasteiger partial charge in [0.25, 0.3) is 6.43 Å². The standard InChI is InChI=1S/C25H38F2OS6/c1-23-13(8-24(20(33)11-30,21(34)12-31)9-17(23)18(32)10-29)2-3-14-15(23)6-7-25(22(26)27)16(14)4-5-19(25)28/h8,14-18,20-22,29-34H,2-7,9-12H2,1H3/t14-,15-,16+,17?,18?,20?,21?,23+,24?,25-/m1/s1. The summed E-state index contributed by atoms with van der Waals surface area (Å²) in [7, 11) is 0. The number of rotatable bonds is 7. The third-order valence-corrected chi connectivity index (χ3v) is 14.2. The molecular weight excluding hydrogens is 547 g/mol. The number of hydrogen-bond acceptors (Lipinski definition) is 7. The molecule has 0 saturated heterocycles. The summed E-state index contributed by atoms with van der Waals surface area (Å²) < 4.78 is 28.9. The van der Waals surface area contributed by atoms with Crippen LogP contribution in [0.3, 0.4) is 0 Å². The van der Waals surface area contributed by atoms with E-state index >= 15 is 0 Å². The van der Waals surface area contributed by atoms with Crippen LogP contribution in [0, 0.1) is 39.9 Å². The zero-order valence-corrected chi connectivity index (χ0v) is 25.0. The van der Waals surface area contributed by atoms with E-state index in [1.54, 1.807) is 0 Å². The Bertz CT molecular complexity index is 813. The van der Waals surface area contributed by atoms with Crippen LogP contribution in [-0.2, 0) is 4.79 Å². The van der Waals surface area contributed by atoms with Crippen molar-refractivity contribution in [2.75, 3.05) is 17.3 Å². The van der Waals surface area contributed by atoms with Gasteiger partial charge in [0.05, 0.1) is 5.41 Å².